The second kappa shape index (κ2) is 16.5. The molecule has 1 aliphatic carbocycles. The van der Waals surface area contributed by atoms with E-state index < -0.39 is 11.0 Å². The lowest BCUT2D eigenvalue weighted by Crippen LogP contribution is -2.52. The molecule has 3 unspecified atom stereocenters. The molecule has 0 radical (unpaired) electrons. The first-order valence-corrected chi connectivity index (χ1v) is 19.9. The fourth-order valence-corrected chi connectivity index (χ4v) is 7.83. The lowest BCUT2D eigenvalue weighted by atomic mass is 9.55. The number of hydrogen-bond donors (Lipinski definition) is 2. The predicted octanol–water partition coefficient (Wildman–Crippen LogP) is 12.2. The molecule has 0 bridgehead atoms. The summed E-state index contributed by atoms with van der Waals surface area (Å²) in [5.74, 6) is 2.88. The zero-order chi connectivity index (χ0) is 40.2. The van der Waals surface area contributed by atoms with Crippen LogP contribution in [0.4, 0.5) is 11.4 Å². The number of carbonyl (C=O) groups is 2. The van der Waals surface area contributed by atoms with Crippen LogP contribution in [0.15, 0.2) is 97.1 Å². The van der Waals surface area contributed by atoms with Crippen molar-refractivity contribution in [3.63, 3.8) is 0 Å². The van der Waals surface area contributed by atoms with Crippen LogP contribution in [0.3, 0.4) is 0 Å². The Kier molecular flexibility index (Phi) is 12.4. The number of nitrogens with one attached hydrogen (secondary N) is 2. The van der Waals surface area contributed by atoms with Crippen LogP contribution >= 0.6 is 0 Å². The summed E-state index contributed by atoms with van der Waals surface area (Å²) in [6.45, 7) is 22.9. The van der Waals surface area contributed by atoms with Crippen molar-refractivity contribution in [1.29, 1.82) is 0 Å². The quantitative estimate of drug-likeness (QED) is 0.0987. The standard InChI is InChI=1S/C48H62N2O5/c1-12-34(5)53-39-21-13-35(14-22-39)48(30-33(4)29-45(6,7)31-48)36-15-23-42(24-16-36)55-44(52)46(8,9)47(10,11)50-38-19-27-41(28-20-38)54-40-25-17-37(18-26-40)49-43(51)32(2)3/h13-28,32-34,50H,12,29-31H2,1-11H3,(H,49,51). The van der Waals surface area contributed by atoms with Gasteiger partial charge in [0.25, 0.3) is 0 Å². The van der Waals surface area contributed by atoms with Gasteiger partial charge in [-0.2, -0.15) is 0 Å². The molecule has 4 aromatic carbocycles. The smallest absolute Gasteiger partial charge is 0.319 e. The van der Waals surface area contributed by atoms with Crippen LogP contribution in [0.2, 0.25) is 0 Å². The maximum absolute atomic E-state index is 13.9. The average Bonchev–Trinajstić information content (AvgIpc) is 3.12. The normalized spacial score (nSPS) is 18.9. The molecule has 1 amide bonds. The number of hydrogen-bond acceptors (Lipinski definition) is 6. The monoisotopic (exact) mass is 746 g/mol. The largest absolute Gasteiger partial charge is 0.491 e. The van der Waals surface area contributed by atoms with Crippen LogP contribution < -0.4 is 24.8 Å². The van der Waals surface area contributed by atoms with Crippen LogP contribution in [0.5, 0.6) is 23.0 Å². The van der Waals surface area contributed by atoms with Gasteiger partial charge in [-0.15, -0.1) is 0 Å². The first-order valence-electron chi connectivity index (χ1n) is 19.9. The summed E-state index contributed by atoms with van der Waals surface area (Å²) in [4.78, 5) is 25.9. The lowest BCUT2D eigenvalue weighted by Gasteiger charge is -2.48. The van der Waals surface area contributed by atoms with Gasteiger partial charge in [0.15, 0.2) is 0 Å². The minimum atomic E-state index is -0.892. The number of amides is 1. The molecule has 0 saturated heterocycles. The van der Waals surface area contributed by atoms with Crippen molar-refractivity contribution in [2.75, 3.05) is 10.6 Å². The van der Waals surface area contributed by atoms with Crippen LogP contribution in [0.25, 0.3) is 0 Å². The second-order valence-corrected chi connectivity index (χ2v) is 17.9. The van der Waals surface area contributed by atoms with E-state index in [1.807, 2.05) is 102 Å². The number of ether oxygens (including phenoxy) is 3. The van der Waals surface area contributed by atoms with Gasteiger partial charge in [0, 0.05) is 28.2 Å². The number of rotatable bonds is 14. The van der Waals surface area contributed by atoms with E-state index in [-0.39, 0.29) is 34.7 Å². The van der Waals surface area contributed by atoms with Gasteiger partial charge in [-0.05, 0) is 156 Å². The van der Waals surface area contributed by atoms with Gasteiger partial charge >= 0.3 is 5.97 Å². The predicted molar refractivity (Wildman–Crippen MR) is 224 cm³/mol. The van der Waals surface area contributed by atoms with E-state index >= 15 is 0 Å². The topological polar surface area (TPSA) is 85.9 Å². The first-order chi connectivity index (χ1) is 25.8. The lowest BCUT2D eigenvalue weighted by molar-refractivity contribution is -0.146. The zero-order valence-corrected chi connectivity index (χ0v) is 34.8. The summed E-state index contributed by atoms with van der Waals surface area (Å²) in [5, 5.41) is 6.44. The fourth-order valence-electron chi connectivity index (χ4n) is 7.83. The van der Waals surface area contributed by atoms with E-state index in [2.05, 4.69) is 81.7 Å². The molecule has 7 nitrogen and oxygen atoms in total. The van der Waals surface area contributed by atoms with Crippen LogP contribution in [0, 0.1) is 22.7 Å². The highest BCUT2D eigenvalue weighted by Crippen LogP contribution is 2.54. The number of carbonyl (C=O) groups excluding carboxylic acids is 2. The molecule has 0 aliphatic heterocycles. The van der Waals surface area contributed by atoms with Gasteiger partial charge in [0.05, 0.1) is 11.5 Å². The van der Waals surface area contributed by atoms with E-state index in [1.165, 1.54) is 17.5 Å². The average molecular weight is 747 g/mol. The Bertz CT molecular complexity index is 1890. The maximum atomic E-state index is 13.9. The third kappa shape index (κ3) is 9.91. The van der Waals surface area contributed by atoms with Crippen LogP contribution in [-0.2, 0) is 15.0 Å². The molecule has 0 aromatic heterocycles. The van der Waals surface area contributed by atoms with Crippen molar-refractivity contribution >= 4 is 23.3 Å². The second-order valence-electron chi connectivity index (χ2n) is 17.9. The molecule has 294 valence electrons. The molecule has 3 atom stereocenters. The van der Waals surface area contributed by atoms with Gasteiger partial charge in [-0.1, -0.05) is 65.8 Å². The highest BCUT2D eigenvalue weighted by Gasteiger charge is 2.46. The Balaban J connectivity index is 1.26. The van der Waals surface area contributed by atoms with E-state index in [0.29, 0.717) is 23.2 Å². The van der Waals surface area contributed by atoms with E-state index in [9.17, 15) is 9.59 Å². The molecule has 7 heteroatoms. The Labute approximate surface area is 329 Å². The van der Waals surface area contributed by atoms with E-state index in [4.69, 9.17) is 14.2 Å². The minimum absolute atomic E-state index is 0.0295. The number of esters is 1. The molecule has 1 aliphatic rings. The number of benzene rings is 4. The van der Waals surface area contributed by atoms with Crippen molar-refractivity contribution in [2.24, 2.45) is 22.7 Å². The van der Waals surface area contributed by atoms with Crippen LogP contribution in [0.1, 0.15) is 113 Å². The van der Waals surface area contributed by atoms with Crippen molar-refractivity contribution in [3.8, 4) is 23.0 Å². The molecule has 4 aromatic rings. The molecular formula is C48H62N2O5. The molecular weight excluding hydrogens is 685 g/mol. The van der Waals surface area contributed by atoms with Crippen molar-refractivity contribution in [1.82, 2.24) is 0 Å². The van der Waals surface area contributed by atoms with Crippen LogP contribution in [-0.4, -0.2) is 23.5 Å². The summed E-state index contributed by atoms with van der Waals surface area (Å²) in [7, 11) is 0. The minimum Gasteiger partial charge on any atom is -0.491 e. The first kappa shape index (κ1) is 41.4. The van der Waals surface area contributed by atoms with Gasteiger partial charge in [-0.3, -0.25) is 9.59 Å². The summed E-state index contributed by atoms with van der Waals surface area (Å²) in [6.07, 6.45) is 4.40. The molecule has 1 saturated carbocycles. The van der Waals surface area contributed by atoms with E-state index in [1.54, 1.807) is 0 Å². The Morgan fingerprint density at radius 1 is 0.727 bits per heavy atom. The molecule has 5 rings (SSSR count). The highest BCUT2D eigenvalue weighted by molar-refractivity contribution is 5.92. The number of anilines is 2. The van der Waals surface area contributed by atoms with Gasteiger partial charge in [0.2, 0.25) is 5.91 Å². The maximum Gasteiger partial charge on any atom is 0.319 e. The third-order valence-corrected chi connectivity index (χ3v) is 11.6. The Hall–Kier alpha value is -4.78. The molecule has 2 N–H and O–H groups in total. The van der Waals surface area contributed by atoms with Crippen molar-refractivity contribution in [3.05, 3.63) is 108 Å². The fraction of sp³-hybridized carbons (Fsp3) is 0.458. The Morgan fingerprint density at radius 3 is 1.71 bits per heavy atom. The van der Waals surface area contributed by atoms with Crippen molar-refractivity contribution in [2.45, 2.75) is 119 Å². The molecule has 0 heterocycles. The third-order valence-electron chi connectivity index (χ3n) is 11.6. The molecule has 0 spiro atoms. The van der Waals surface area contributed by atoms with Gasteiger partial charge < -0.3 is 24.8 Å². The highest BCUT2D eigenvalue weighted by atomic mass is 16.5. The summed E-state index contributed by atoms with van der Waals surface area (Å²) < 4.78 is 18.3. The molecule has 55 heavy (non-hydrogen) atoms. The van der Waals surface area contributed by atoms with E-state index in [0.717, 1.165) is 36.4 Å². The summed E-state index contributed by atoms with van der Waals surface area (Å²) in [5.41, 5.74) is 2.56. The summed E-state index contributed by atoms with van der Waals surface area (Å²) in [6, 6.07) is 31.9. The SMILES string of the molecule is CCC(C)Oc1ccc(C2(c3ccc(OC(=O)C(C)(C)C(C)(C)Nc4ccc(Oc5ccc(NC(=O)C(C)C)cc5)cc4)cc3)CC(C)CC(C)(C)C2)cc1. The van der Waals surface area contributed by atoms with Gasteiger partial charge in [0.1, 0.15) is 23.0 Å². The Morgan fingerprint density at radius 2 is 1.22 bits per heavy atom. The zero-order valence-electron chi connectivity index (χ0n) is 34.8. The van der Waals surface area contributed by atoms with Crippen molar-refractivity contribution < 1.29 is 23.8 Å². The van der Waals surface area contributed by atoms with Gasteiger partial charge in [-0.25, -0.2) is 0 Å². The summed E-state index contributed by atoms with van der Waals surface area (Å²) >= 11 is 0. The molecule has 1 fully saturated rings.